The number of nitrogens with zero attached hydrogens (tertiary/aromatic N) is 2. The molecule has 1 atom stereocenters. The van der Waals surface area contributed by atoms with E-state index in [1.165, 1.54) is 5.70 Å². The Bertz CT molecular complexity index is 646. The highest BCUT2D eigenvalue weighted by Crippen LogP contribution is 2.16. The molecule has 0 spiro atoms. The normalized spacial score (nSPS) is 16.4. The number of rotatable bonds is 11. The number of likely N-dealkylation sites (N-methyl/N-ethyl adjacent to an activating group) is 1. The van der Waals surface area contributed by atoms with Crippen LogP contribution in [0.3, 0.4) is 0 Å². The van der Waals surface area contributed by atoms with E-state index in [9.17, 15) is 4.79 Å². The van der Waals surface area contributed by atoms with E-state index in [0.29, 0.717) is 0 Å². The standard InChI is InChI=1S/C23H39N5O/c1-6-8-11-16-22(27-28(5)21-14-12-9-10-13-15-21)19(3)17-25-23(29)26-20(7-2)18-24-4/h9,11-12,15-17,20,24H,6-8,10,13-14,18H2,1-5H3,(H2,25,26,29)/b16-11+,19-17+,27-22-/t20-/m0/s1. The third kappa shape index (κ3) is 10.1. The van der Waals surface area contributed by atoms with Crippen LogP contribution in [0.2, 0.25) is 0 Å². The number of urea groups is 1. The van der Waals surface area contributed by atoms with Crippen molar-refractivity contribution in [1.82, 2.24) is 21.0 Å². The van der Waals surface area contributed by atoms with Gasteiger partial charge in [0, 0.05) is 38.0 Å². The lowest BCUT2D eigenvalue weighted by molar-refractivity contribution is 0.239. The number of unbranched alkanes of at least 4 members (excludes halogenated alkanes) is 1. The Balaban J connectivity index is 2.88. The van der Waals surface area contributed by atoms with Gasteiger partial charge >= 0.3 is 6.03 Å². The molecule has 3 N–H and O–H groups in total. The summed E-state index contributed by atoms with van der Waals surface area (Å²) < 4.78 is 0. The monoisotopic (exact) mass is 401 g/mol. The van der Waals surface area contributed by atoms with Crippen LogP contribution in [0.5, 0.6) is 0 Å². The zero-order chi connectivity index (χ0) is 21.5. The number of carbonyl (C=O) groups excluding carboxylic acids is 1. The molecule has 0 saturated heterocycles. The Hall–Kier alpha value is -2.34. The maximum Gasteiger partial charge on any atom is 0.319 e. The first-order valence-electron chi connectivity index (χ1n) is 10.7. The average Bonchev–Trinajstić information content (AvgIpc) is 3.00. The van der Waals surface area contributed by atoms with Gasteiger partial charge in [-0.1, -0.05) is 44.6 Å². The van der Waals surface area contributed by atoms with Crippen LogP contribution in [0, 0.1) is 0 Å². The molecule has 1 rings (SSSR count). The smallest absolute Gasteiger partial charge is 0.319 e. The number of carbonyl (C=O) groups is 1. The average molecular weight is 402 g/mol. The van der Waals surface area contributed by atoms with Gasteiger partial charge in [-0.2, -0.15) is 5.10 Å². The molecule has 0 heterocycles. The molecule has 0 aromatic heterocycles. The van der Waals surface area contributed by atoms with Crippen LogP contribution in [-0.2, 0) is 0 Å². The molecule has 0 unspecified atom stereocenters. The van der Waals surface area contributed by atoms with Crippen molar-refractivity contribution in [2.75, 3.05) is 20.6 Å². The number of allylic oxidation sites excluding steroid dienone is 6. The SMILES string of the molecule is CCC/C=C/C(=N/N(C)C1=CCCC=CC1)C(/C)=C/NC(=O)N[C@@H](CC)CNC. The number of nitrogens with one attached hydrogen (secondary N) is 3. The van der Waals surface area contributed by atoms with Gasteiger partial charge in [0.25, 0.3) is 0 Å². The predicted molar refractivity (Wildman–Crippen MR) is 124 cm³/mol. The highest BCUT2D eigenvalue weighted by atomic mass is 16.2. The number of amides is 2. The Kier molecular flexibility index (Phi) is 12.5. The van der Waals surface area contributed by atoms with Crippen molar-refractivity contribution in [3.8, 4) is 0 Å². The van der Waals surface area contributed by atoms with Crippen LogP contribution in [0.15, 0.2) is 53.0 Å². The molecule has 1 aliphatic rings. The molecule has 2 amide bonds. The first kappa shape index (κ1) is 24.7. The summed E-state index contributed by atoms with van der Waals surface area (Å²) in [6.07, 6.45) is 18.5. The topological polar surface area (TPSA) is 68.8 Å². The zero-order valence-corrected chi connectivity index (χ0v) is 18.8. The number of hydrogen-bond acceptors (Lipinski definition) is 4. The van der Waals surface area contributed by atoms with E-state index in [1.807, 2.05) is 32.1 Å². The molecule has 162 valence electrons. The maximum absolute atomic E-state index is 12.2. The third-order valence-electron chi connectivity index (χ3n) is 4.71. The summed E-state index contributed by atoms with van der Waals surface area (Å²) in [6, 6.07) is -0.0963. The van der Waals surface area contributed by atoms with Crippen molar-refractivity contribution in [3.63, 3.8) is 0 Å². The molecule has 29 heavy (non-hydrogen) atoms. The van der Waals surface area contributed by atoms with Gasteiger partial charge in [-0.3, -0.25) is 5.01 Å². The Labute approximate surface area is 176 Å². The fourth-order valence-electron chi connectivity index (χ4n) is 2.87. The van der Waals surface area contributed by atoms with E-state index >= 15 is 0 Å². The molecular weight excluding hydrogens is 362 g/mol. The predicted octanol–water partition coefficient (Wildman–Crippen LogP) is 4.46. The number of hydrazone groups is 1. The minimum absolute atomic E-state index is 0.104. The quantitative estimate of drug-likeness (QED) is 0.272. The molecule has 0 aromatic carbocycles. The summed E-state index contributed by atoms with van der Waals surface area (Å²) in [7, 11) is 3.86. The van der Waals surface area contributed by atoms with Crippen LogP contribution in [0.1, 0.15) is 59.3 Å². The van der Waals surface area contributed by atoms with Crippen molar-refractivity contribution >= 4 is 11.7 Å². The molecule has 0 radical (unpaired) electrons. The Morgan fingerprint density at radius 1 is 1.31 bits per heavy atom. The van der Waals surface area contributed by atoms with E-state index in [-0.39, 0.29) is 12.1 Å². The van der Waals surface area contributed by atoms with Gasteiger partial charge in [0.2, 0.25) is 0 Å². The number of hydrogen-bond donors (Lipinski definition) is 3. The van der Waals surface area contributed by atoms with E-state index in [2.05, 4.69) is 54.1 Å². The zero-order valence-electron chi connectivity index (χ0n) is 18.8. The van der Waals surface area contributed by atoms with Gasteiger partial charge in [-0.05, 0) is 51.3 Å². The fraction of sp³-hybridized carbons (Fsp3) is 0.565. The van der Waals surface area contributed by atoms with E-state index < -0.39 is 0 Å². The molecule has 1 aliphatic carbocycles. The largest absolute Gasteiger partial charge is 0.334 e. The second-order valence-corrected chi connectivity index (χ2v) is 7.26. The summed E-state index contributed by atoms with van der Waals surface area (Å²) in [4.78, 5) is 12.2. The van der Waals surface area contributed by atoms with Crippen LogP contribution >= 0.6 is 0 Å². The summed E-state index contributed by atoms with van der Waals surface area (Å²) in [5, 5.41) is 15.7. The summed E-state index contributed by atoms with van der Waals surface area (Å²) >= 11 is 0. The second kappa shape index (κ2) is 14.6. The van der Waals surface area contributed by atoms with E-state index in [0.717, 1.165) is 56.4 Å². The van der Waals surface area contributed by atoms with E-state index in [4.69, 9.17) is 5.10 Å². The van der Waals surface area contributed by atoms with Gasteiger partial charge in [0.15, 0.2) is 0 Å². The first-order valence-corrected chi connectivity index (χ1v) is 10.7. The second-order valence-electron chi connectivity index (χ2n) is 7.26. The van der Waals surface area contributed by atoms with Crippen LogP contribution in [0.4, 0.5) is 4.79 Å². The summed E-state index contributed by atoms with van der Waals surface area (Å²) in [5.41, 5.74) is 2.94. The Morgan fingerprint density at radius 2 is 2.10 bits per heavy atom. The Morgan fingerprint density at radius 3 is 2.79 bits per heavy atom. The van der Waals surface area contributed by atoms with Crippen LogP contribution < -0.4 is 16.0 Å². The van der Waals surface area contributed by atoms with Gasteiger partial charge < -0.3 is 16.0 Å². The van der Waals surface area contributed by atoms with Gasteiger partial charge in [-0.15, -0.1) is 0 Å². The van der Waals surface area contributed by atoms with Crippen molar-refractivity contribution in [2.45, 2.75) is 65.3 Å². The van der Waals surface area contributed by atoms with Crippen molar-refractivity contribution in [2.24, 2.45) is 5.10 Å². The summed E-state index contributed by atoms with van der Waals surface area (Å²) in [6.45, 7) is 6.92. The third-order valence-corrected chi connectivity index (χ3v) is 4.71. The van der Waals surface area contributed by atoms with Crippen molar-refractivity contribution in [1.29, 1.82) is 0 Å². The highest BCUT2D eigenvalue weighted by Gasteiger charge is 2.09. The van der Waals surface area contributed by atoms with Crippen molar-refractivity contribution < 1.29 is 4.79 Å². The lowest BCUT2D eigenvalue weighted by Gasteiger charge is -2.18. The van der Waals surface area contributed by atoms with Gasteiger partial charge in [-0.25, -0.2) is 4.79 Å². The molecule has 0 saturated carbocycles. The molecule has 6 nitrogen and oxygen atoms in total. The minimum Gasteiger partial charge on any atom is -0.334 e. The molecule has 0 fully saturated rings. The lowest BCUT2D eigenvalue weighted by atomic mass is 10.1. The maximum atomic E-state index is 12.2. The van der Waals surface area contributed by atoms with Gasteiger partial charge in [0.05, 0.1) is 5.71 Å². The highest BCUT2D eigenvalue weighted by molar-refractivity contribution is 6.08. The van der Waals surface area contributed by atoms with Crippen LogP contribution in [-0.4, -0.2) is 43.4 Å². The molecule has 0 aliphatic heterocycles. The first-order chi connectivity index (χ1) is 14.0. The molecule has 6 heteroatoms. The molecule has 0 bridgehead atoms. The van der Waals surface area contributed by atoms with Crippen molar-refractivity contribution in [3.05, 3.63) is 47.9 Å². The molecular formula is C23H39N5O. The molecule has 0 aromatic rings. The minimum atomic E-state index is -0.201. The van der Waals surface area contributed by atoms with E-state index in [1.54, 1.807) is 6.20 Å². The summed E-state index contributed by atoms with van der Waals surface area (Å²) in [5.74, 6) is 0. The van der Waals surface area contributed by atoms with Gasteiger partial charge in [0.1, 0.15) is 0 Å². The fourth-order valence-corrected chi connectivity index (χ4v) is 2.87. The lowest BCUT2D eigenvalue weighted by Crippen LogP contribution is -2.44. The van der Waals surface area contributed by atoms with Crippen LogP contribution in [0.25, 0.3) is 0 Å².